The van der Waals surface area contributed by atoms with E-state index in [2.05, 4.69) is 133 Å². The van der Waals surface area contributed by atoms with E-state index in [1.165, 1.54) is 43.1 Å². The molecule has 0 aliphatic carbocycles. The van der Waals surface area contributed by atoms with Crippen molar-refractivity contribution < 1.29 is 17.5 Å². The molecular formula is C43H41N2O3S3+. The summed E-state index contributed by atoms with van der Waals surface area (Å²) in [6, 6.07) is 42.7. The normalized spacial score (nSPS) is 14.7. The molecule has 0 bridgehead atoms. The molecule has 1 unspecified atom stereocenters. The minimum absolute atomic E-state index is 0.299. The van der Waals surface area contributed by atoms with Crippen molar-refractivity contribution >= 4 is 55.2 Å². The average molecular weight is 730 g/mol. The number of benzene rings is 5. The zero-order chi connectivity index (χ0) is 35.5. The molecule has 1 N–H and O–H groups in total. The Morgan fingerprint density at radius 2 is 1.49 bits per heavy atom. The van der Waals surface area contributed by atoms with Gasteiger partial charge in [-0.3, -0.25) is 4.55 Å². The van der Waals surface area contributed by atoms with E-state index in [0.29, 0.717) is 13.0 Å². The SMILES string of the molecule is CCC(=C/c1sc2ccc(-c3ccccc3)cc2[n+]1Cc1ccccc1C)/C=C1\Sc2ccc(-c3ccccc3)cc2N1CCC(C)S(=O)(=O)O. The summed E-state index contributed by atoms with van der Waals surface area (Å²) in [7, 11) is -4.14. The number of fused-ring (bicyclic) bond motifs is 2. The molecule has 8 heteroatoms. The first kappa shape index (κ1) is 35.0. The first-order valence-corrected chi connectivity index (χ1v) is 20.4. The van der Waals surface area contributed by atoms with E-state index in [-0.39, 0.29) is 0 Å². The Hall–Kier alpha value is -4.47. The van der Waals surface area contributed by atoms with Gasteiger partial charge in [-0.05, 0) is 84.4 Å². The number of aryl methyl sites for hydroxylation is 1. The number of thiazole rings is 1. The maximum absolute atomic E-state index is 12.0. The van der Waals surface area contributed by atoms with Crippen molar-refractivity contribution in [3.05, 3.63) is 154 Å². The van der Waals surface area contributed by atoms with Crippen LogP contribution in [0.15, 0.2) is 143 Å². The van der Waals surface area contributed by atoms with Crippen molar-refractivity contribution in [3.8, 4) is 22.3 Å². The first-order valence-electron chi connectivity index (χ1n) is 17.3. The van der Waals surface area contributed by atoms with Crippen molar-refractivity contribution in [2.75, 3.05) is 11.4 Å². The molecule has 258 valence electrons. The zero-order valence-corrected chi connectivity index (χ0v) is 31.4. The van der Waals surface area contributed by atoms with Gasteiger partial charge in [0.15, 0.2) is 6.54 Å². The number of anilines is 1. The summed E-state index contributed by atoms with van der Waals surface area (Å²) >= 11 is 3.51. The number of nitrogens with zero attached hydrogens (tertiary/aromatic N) is 2. The van der Waals surface area contributed by atoms with Crippen LogP contribution in [0.25, 0.3) is 38.5 Å². The monoisotopic (exact) mass is 729 g/mol. The highest BCUT2D eigenvalue weighted by Gasteiger charge is 2.28. The van der Waals surface area contributed by atoms with E-state index in [1.54, 1.807) is 30.0 Å². The maximum Gasteiger partial charge on any atom is 0.267 e. The molecule has 51 heavy (non-hydrogen) atoms. The van der Waals surface area contributed by atoms with Gasteiger partial charge in [-0.2, -0.15) is 13.0 Å². The fourth-order valence-electron chi connectivity index (χ4n) is 6.41. The second kappa shape index (κ2) is 15.0. The lowest BCUT2D eigenvalue weighted by molar-refractivity contribution is -0.659. The second-order valence-electron chi connectivity index (χ2n) is 13.0. The molecule has 0 amide bonds. The summed E-state index contributed by atoms with van der Waals surface area (Å²) in [4.78, 5) is 3.34. The number of aromatic nitrogens is 1. The molecule has 1 aliphatic rings. The zero-order valence-electron chi connectivity index (χ0n) is 29.0. The van der Waals surface area contributed by atoms with Crippen LogP contribution in [0.2, 0.25) is 0 Å². The van der Waals surface area contributed by atoms with Crippen molar-refractivity contribution in [1.29, 1.82) is 0 Å². The van der Waals surface area contributed by atoms with Crippen LogP contribution in [0.4, 0.5) is 5.69 Å². The lowest BCUT2D eigenvalue weighted by Gasteiger charge is -2.22. The molecule has 0 spiro atoms. The van der Waals surface area contributed by atoms with Crippen LogP contribution in [-0.2, 0) is 16.7 Å². The van der Waals surface area contributed by atoms with Crippen LogP contribution in [-0.4, -0.2) is 24.8 Å². The molecular weight excluding hydrogens is 689 g/mol. The van der Waals surface area contributed by atoms with Crippen LogP contribution in [0.5, 0.6) is 0 Å². The fourth-order valence-corrected chi connectivity index (χ4v) is 9.08. The minimum atomic E-state index is -4.14. The summed E-state index contributed by atoms with van der Waals surface area (Å²) in [6.07, 6.45) is 5.69. The van der Waals surface area contributed by atoms with Gasteiger partial charge in [-0.25, -0.2) is 0 Å². The summed E-state index contributed by atoms with van der Waals surface area (Å²) < 4.78 is 37.4. The lowest BCUT2D eigenvalue weighted by atomic mass is 10.0. The summed E-state index contributed by atoms with van der Waals surface area (Å²) in [5.41, 5.74) is 10.6. The van der Waals surface area contributed by atoms with Gasteiger partial charge in [0.25, 0.3) is 15.1 Å². The highest BCUT2D eigenvalue weighted by Crippen LogP contribution is 2.48. The van der Waals surface area contributed by atoms with Crippen molar-refractivity contribution in [2.24, 2.45) is 0 Å². The van der Waals surface area contributed by atoms with E-state index in [0.717, 1.165) is 39.7 Å². The van der Waals surface area contributed by atoms with Crippen molar-refractivity contribution in [2.45, 2.75) is 50.3 Å². The van der Waals surface area contributed by atoms with Crippen LogP contribution < -0.4 is 9.47 Å². The highest BCUT2D eigenvalue weighted by molar-refractivity contribution is 8.03. The molecule has 0 saturated carbocycles. The third-order valence-electron chi connectivity index (χ3n) is 9.56. The van der Waals surface area contributed by atoms with Gasteiger partial charge in [0.05, 0.1) is 16.0 Å². The number of thioether (sulfide) groups is 1. The van der Waals surface area contributed by atoms with Gasteiger partial charge in [0, 0.05) is 29.1 Å². The van der Waals surface area contributed by atoms with Gasteiger partial charge in [0.1, 0.15) is 4.70 Å². The summed E-state index contributed by atoms with van der Waals surface area (Å²) in [6.45, 7) is 7.14. The Kier molecular flexibility index (Phi) is 10.3. The molecule has 1 atom stereocenters. The molecule has 5 nitrogen and oxygen atoms in total. The lowest BCUT2D eigenvalue weighted by Crippen LogP contribution is -2.36. The van der Waals surface area contributed by atoms with Crippen LogP contribution in [0.1, 0.15) is 42.8 Å². The van der Waals surface area contributed by atoms with E-state index in [1.807, 2.05) is 24.3 Å². The molecule has 6 aromatic rings. The Bertz CT molecular complexity index is 2360. The number of hydrogen-bond acceptors (Lipinski definition) is 5. The van der Waals surface area contributed by atoms with Crippen LogP contribution >= 0.6 is 23.1 Å². The van der Waals surface area contributed by atoms with Gasteiger partial charge in [-0.1, -0.05) is 127 Å². The summed E-state index contributed by atoms with van der Waals surface area (Å²) in [5.74, 6) is 0. The molecule has 0 radical (unpaired) electrons. The quantitative estimate of drug-likeness (QED) is 0.106. The molecule has 1 aromatic heterocycles. The van der Waals surface area contributed by atoms with Gasteiger partial charge in [-0.15, -0.1) is 0 Å². The standard InChI is InChI=1S/C43H40N2O3S3/c1-4-32(25-42-44(24-23-31(3)51(46,47)48)38-27-35(19-21-40(38)49-42)33-14-7-5-8-15-33)26-43-45(29-37-18-12-11-13-30(37)2)39-28-36(20-22-41(39)50-43)34-16-9-6-10-17-34/h5-22,25-28,31H,4,23-24,29H2,1-3H3/p+1. The Morgan fingerprint density at radius 3 is 2.16 bits per heavy atom. The Labute approximate surface area is 309 Å². The average Bonchev–Trinajstić information content (AvgIpc) is 3.66. The third kappa shape index (κ3) is 7.75. The third-order valence-corrected chi connectivity index (χ3v) is 13.0. The highest BCUT2D eigenvalue weighted by atomic mass is 32.2. The topological polar surface area (TPSA) is 61.5 Å². The number of rotatable bonds is 11. The van der Waals surface area contributed by atoms with E-state index in [9.17, 15) is 13.0 Å². The second-order valence-corrected chi connectivity index (χ2v) is 16.9. The van der Waals surface area contributed by atoms with Crippen LogP contribution in [0.3, 0.4) is 0 Å². The van der Waals surface area contributed by atoms with Gasteiger partial charge < -0.3 is 4.90 Å². The Morgan fingerprint density at radius 1 is 0.843 bits per heavy atom. The van der Waals surface area contributed by atoms with E-state index < -0.39 is 15.4 Å². The first-order chi connectivity index (χ1) is 24.7. The molecule has 5 aromatic carbocycles. The number of allylic oxidation sites excluding steroid dienone is 2. The van der Waals surface area contributed by atoms with Gasteiger partial charge in [0.2, 0.25) is 5.52 Å². The smallest absolute Gasteiger partial charge is 0.267 e. The van der Waals surface area contributed by atoms with Crippen molar-refractivity contribution in [3.63, 3.8) is 0 Å². The molecule has 0 fully saturated rings. The predicted molar refractivity (Wildman–Crippen MR) is 215 cm³/mol. The van der Waals surface area contributed by atoms with E-state index >= 15 is 0 Å². The molecule has 0 saturated heterocycles. The van der Waals surface area contributed by atoms with Crippen molar-refractivity contribution in [1.82, 2.24) is 0 Å². The molecule has 7 rings (SSSR count). The predicted octanol–water partition coefficient (Wildman–Crippen LogP) is 10.8. The van der Waals surface area contributed by atoms with Gasteiger partial charge >= 0.3 is 0 Å². The van der Waals surface area contributed by atoms with Crippen LogP contribution in [0, 0.1) is 6.92 Å². The number of hydrogen-bond donors (Lipinski definition) is 1. The molecule has 1 aliphatic heterocycles. The maximum atomic E-state index is 12.0. The fraction of sp³-hybridized carbons (Fsp3) is 0.186. The Balaban J connectivity index is 1.31. The largest absolute Gasteiger partial charge is 0.335 e. The summed E-state index contributed by atoms with van der Waals surface area (Å²) in [5, 5.41) is 1.35. The molecule has 2 heterocycles. The minimum Gasteiger partial charge on any atom is -0.335 e. The van der Waals surface area contributed by atoms with E-state index in [4.69, 9.17) is 0 Å².